The molecule has 0 radical (unpaired) electrons. The Morgan fingerprint density at radius 3 is 2.44 bits per heavy atom. The fourth-order valence-corrected chi connectivity index (χ4v) is 3.93. The van der Waals surface area contributed by atoms with Gasteiger partial charge in [0.05, 0.1) is 17.2 Å². The maximum Gasteiger partial charge on any atom is 0.270 e. The summed E-state index contributed by atoms with van der Waals surface area (Å²) < 4.78 is 6.27. The van der Waals surface area contributed by atoms with Crippen molar-refractivity contribution in [2.75, 3.05) is 11.5 Å². The molecule has 2 aromatic carbocycles. The molecule has 0 bridgehead atoms. The van der Waals surface area contributed by atoms with Crippen LogP contribution in [0.1, 0.15) is 30.5 Å². The second kappa shape index (κ2) is 8.28. The van der Waals surface area contributed by atoms with Crippen LogP contribution in [0.25, 0.3) is 6.08 Å². The second-order valence-corrected chi connectivity index (χ2v) is 8.74. The average Bonchev–Trinajstić information content (AvgIpc) is 2.90. The summed E-state index contributed by atoms with van der Waals surface area (Å²) in [5, 5.41) is 0. The Morgan fingerprint density at radius 1 is 1.11 bits per heavy atom. The molecule has 0 atom stereocenters. The van der Waals surface area contributed by atoms with Crippen LogP contribution in [-0.2, 0) is 4.79 Å². The number of thioether (sulfide) groups is 1. The lowest BCUT2D eigenvalue weighted by Crippen LogP contribution is -2.27. The van der Waals surface area contributed by atoms with E-state index in [1.54, 1.807) is 4.90 Å². The molecule has 3 nitrogen and oxygen atoms in total. The zero-order valence-corrected chi connectivity index (χ0v) is 17.6. The Bertz CT molecular complexity index is 901. The molecule has 1 fully saturated rings. The van der Waals surface area contributed by atoms with Crippen molar-refractivity contribution in [2.24, 2.45) is 5.92 Å². The number of carbonyl (C=O) groups is 1. The van der Waals surface area contributed by atoms with E-state index in [4.69, 9.17) is 17.0 Å². The number of thiocarbonyl (C=S) groups is 1. The van der Waals surface area contributed by atoms with Crippen molar-refractivity contribution in [1.82, 2.24) is 0 Å². The molecule has 2 aromatic rings. The number of hydrogen-bond acceptors (Lipinski definition) is 4. The van der Waals surface area contributed by atoms with Gasteiger partial charge >= 0.3 is 0 Å². The molecule has 1 heterocycles. The van der Waals surface area contributed by atoms with E-state index in [-0.39, 0.29) is 5.91 Å². The third-order valence-corrected chi connectivity index (χ3v) is 5.61. The molecule has 5 heteroatoms. The molecule has 0 saturated carbocycles. The highest BCUT2D eigenvalue weighted by atomic mass is 32.2. The molecule has 3 rings (SSSR count). The molecule has 1 saturated heterocycles. The molecular weight excluding hydrogens is 374 g/mol. The zero-order valence-electron chi connectivity index (χ0n) is 16.0. The van der Waals surface area contributed by atoms with Gasteiger partial charge < -0.3 is 4.74 Å². The van der Waals surface area contributed by atoms with Gasteiger partial charge in [0.1, 0.15) is 5.75 Å². The number of amides is 1. The molecule has 0 N–H and O–H groups in total. The zero-order chi connectivity index (χ0) is 19.6. The quantitative estimate of drug-likeness (QED) is 0.475. The van der Waals surface area contributed by atoms with Crippen molar-refractivity contribution in [2.45, 2.75) is 27.7 Å². The highest BCUT2D eigenvalue weighted by Gasteiger charge is 2.33. The van der Waals surface area contributed by atoms with E-state index in [9.17, 15) is 4.79 Å². The minimum atomic E-state index is -0.0756. The first kappa shape index (κ1) is 19.6. The summed E-state index contributed by atoms with van der Waals surface area (Å²) in [5.41, 5.74) is 4.11. The predicted octanol–water partition coefficient (Wildman–Crippen LogP) is 5.74. The summed E-state index contributed by atoms with van der Waals surface area (Å²) in [6.45, 7) is 9.01. The molecule has 0 aromatic heterocycles. The highest BCUT2D eigenvalue weighted by molar-refractivity contribution is 8.27. The first-order chi connectivity index (χ1) is 12.8. The monoisotopic (exact) mass is 397 g/mol. The van der Waals surface area contributed by atoms with E-state index in [1.807, 2.05) is 55.5 Å². The summed E-state index contributed by atoms with van der Waals surface area (Å²) in [7, 11) is 0. The maximum absolute atomic E-state index is 12.9. The van der Waals surface area contributed by atoms with Crippen molar-refractivity contribution in [3.05, 3.63) is 64.1 Å². The van der Waals surface area contributed by atoms with Crippen LogP contribution < -0.4 is 9.64 Å². The van der Waals surface area contributed by atoms with Gasteiger partial charge in [-0.05, 0) is 66.8 Å². The fourth-order valence-electron chi connectivity index (χ4n) is 2.63. The normalized spacial score (nSPS) is 15.9. The maximum atomic E-state index is 12.9. The first-order valence-corrected chi connectivity index (χ1v) is 10.2. The van der Waals surface area contributed by atoms with Crippen LogP contribution >= 0.6 is 24.0 Å². The van der Waals surface area contributed by atoms with Gasteiger partial charge in [0.25, 0.3) is 5.91 Å². The Balaban J connectivity index is 1.78. The van der Waals surface area contributed by atoms with Gasteiger partial charge in [-0.2, -0.15) is 0 Å². The number of carbonyl (C=O) groups excluding carboxylic acids is 1. The van der Waals surface area contributed by atoms with Gasteiger partial charge in [-0.25, -0.2) is 0 Å². The molecule has 27 heavy (non-hydrogen) atoms. The number of nitrogens with zero attached hydrogens (tertiary/aromatic N) is 1. The van der Waals surface area contributed by atoms with Gasteiger partial charge in [-0.15, -0.1) is 0 Å². The molecule has 1 aliphatic heterocycles. The lowest BCUT2D eigenvalue weighted by Gasteiger charge is -2.15. The molecule has 0 aliphatic carbocycles. The predicted molar refractivity (Wildman–Crippen MR) is 118 cm³/mol. The van der Waals surface area contributed by atoms with Gasteiger partial charge in [0, 0.05) is 0 Å². The van der Waals surface area contributed by atoms with E-state index in [0.29, 0.717) is 21.8 Å². The SMILES string of the molecule is Cc1ccc(N2C(=O)/C(=C/c3ccc(OCC(C)C)cc3)SC2=S)cc1C. The van der Waals surface area contributed by atoms with Crippen molar-refractivity contribution < 1.29 is 9.53 Å². The Kier molecular flexibility index (Phi) is 6.02. The lowest BCUT2D eigenvalue weighted by molar-refractivity contribution is -0.113. The van der Waals surface area contributed by atoms with Crippen molar-refractivity contribution >= 4 is 46.0 Å². The van der Waals surface area contributed by atoms with Crippen LogP contribution in [0, 0.1) is 19.8 Å². The standard InChI is InChI=1S/C22H23NO2S2/c1-14(2)13-25-19-9-6-17(7-10-19)12-20-21(24)23(22(26)27-20)18-8-5-15(3)16(4)11-18/h5-12,14H,13H2,1-4H3/b20-12-. The Hall–Kier alpha value is -2.11. The number of anilines is 1. The number of rotatable bonds is 5. The summed E-state index contributed by atoms with van der Waals surface area (Å²) in [4.78, 5) is 15.1. The topological polar surface area (TPSA) is 29.5 Å². The third-order valence-electron chi connectivity index (χ3n) is 4.30. The molecular formula is C22H23NO2S2. The van der Waals surface area contributed by atoms with Crippen LogP contribution in [0.5, 0.6) is 5.75 Å². The van der Waals surface area contributed by atoms with E-state index in [0.717, 1.165) is 22.6 Å². The van der Waals surface area contributed by atoms with Gasteiger partial charge in [-0.1, -0.05) is 56.0 Å². The number of hydrogen-bond donors (Lipinski definition) is 0. The fraction of sp³-hybridized carbons (Fsp3) is 0.273. The largest absolute Gasteiger partial charge is 0.493 e. The van der Waals surface area contributed by atoms with Gasteiger partial charge in [0.2, 0.25) is 0 Å². The minimum Gasteiger partial charge on any atom is -0.493 e. The average molecular weight is 398 g/mol. The number of ether oxygens (including phenoxy) is 1. The summed E-state index contributed by atoms with van der Waals surface area (Å²) in [6, 6.07) is 13.7. The van der Waals surface area contributed by atoms with Crippen LogP contribution in [0.15, 0.2) is 47.4 Å². The van der Waals surface area contributed by atoms with Crippen molar-refractivity contribution in [3.8, 4) is 5.75 Å². The van der Waals surface area contributed by atoms with Crippen LogP contribution in [0.4, 0.5) is 5.69 Å². The third kappa shape index (κ3) is 4.60. The molecule has 0 spiro atoms. The van der Waals surface area contributed by atoms with Crippen LogP contribution in [0.3, 0.4) is 0 Å². The number of aryl methyl sites for hydroxylation is 2. The van der Waals surface area contributed by atoms with E-state index in [2.05, 4.69) is 20.8 Å². The first-order valence-electron chi connectivity index (χ1n) is 8.93. The Morgan fingerprint density at radius 2 is 1.81 bits per heavy atom. The second-order valence-electron chi connectivity index (χ2n) is 7.06. The number of benzene rings is 2. The molecule has 1 aliphatic rings. The highest BCUT2D eigenvalue weighted by Crippen LogP contribution is 2.36. The minimum absolute atomic E-state index is 0.0756. The molecule has 1 amide bonds. The van der Waals surface area contributed by atoms with Crippen LogP contribution in [-0.4, -0.2) is 16.8 Å². The van der Waals surface area contributed by atoms with Gasteiger partial charge in [0.15, 0.2) is 4.32 Å². The van der Waals surface area contributed by atoms with E-state index < -0.39 is 0 Å². The smallest absolute Gasteiger partial charge is 0.270 e. The van der Waals surface area contributed by atoms with Crippen molar-refractivity contribution in [1.29, 1.82) is 0 Å². The van der Waals surface area contributed by atoms with E-state index in [1.165, 1.54) is 17.3 Å². The lowest BCUT2D eigenvalue weighted by atomic mass is 10.1. The summed E-state index contributed by atoms with van der Waals surface area (Å²) in [5.74, 6) is 1.24. The van der Waals surface area contributed by atoms with Gasteiger partial charge in [-0.3, -0.25) is 9.69 Å². The summed E-state index contributed by atoms with van der Waals surface area (Å²) >= 11 is 6.79. The molecule has 140 valence electrons. The van der Waals surface area contributed by atoms with Crippen LogP contribution in [0.2, 0.25) is 0 Å². The van der Waals surface area contributed by atoms with Crippen molar-refractivity contribution in [3.63, 3.8) is 0 Å². The Labute approximate surface area is 170 Å². The van der Waals surface area contributed by atoms with E-state index >= 15 is 0 Å². The summed E-state index contributed by atoms with van der Waals surface area (Å²) in [6.07, 6.45) is 1.88. The molecule has 0 unspecified atom stereocenters.